The third kappa shape index (κ3) is 38.8. The molecule has 1 saturated heterocycles. The van der Waals surface area contributed by atoms with Crippen molar-refractivity contribution in [3.63, 3.8) is 0 Å². The zero-order chi connectivity index (χ0) is 54.0. The summed E-state index contributed by atoms with van der Waals surface area (Å²) in [5.41, 5.74) is 0. The van der Waals surface area contributed by atoms with Crippen LogP contribution in [0.4, 0.5) is 0 Å². The number of carbonyl (C=O) groups is 2. The summed E-state index contributed by atoms with van der Waals surface area (Å²) >= 11 is 0. The largest absolute Gasteiger partial charge is 0.454 e. The Hall–Kier alpha value is -2.64. The molecule has 0 aromatic heterocycles. The van der Waals surface area contributed by atoms with E-state index in [0.717, 1.165) is 51.4 Å². The lowest BCUT2D eigenvalue weighted by molar-refractivity contribution is -0.305. The summed E-state index contributed by atoms with van der Waals surface area (Å²) in [6, 6.07) is -1.05. The number of aliphatic hydroxyl groups excluding tert-OH is 5. The second-order valence-corrected chi connectivity index (χ2v) is 21.1. The first-order valence-electron chi connectivity index (χ1n) is 30.6. The number of nitrogens with one attached hydrogen (secondary N) is 1. The fourth-order valence-corrected chi connectivity index (χ4v) is 9.25. The summed E-state index contributed by atoms with van der Waals surface area (Å²) in [6.07, 6.45) is 52.8. The van der Waals surface area contributed by atoms with Crippen molar-refractivity contribution in [2.75, 3.05) is 13.2 Å². The number of unbranched alkanes of at least 4 members (excludes halogenated alkanes) is 30. The Kier molecular flexibility index (Phi) is 47.9. The maximum atomic E-state index is 13.3. The Morgan fingerprint density at radius 3 is 1.41 bits per heavy atom. The van der Waals surface area contributed by atoms with E-state index in [1.54, 1.807) is 12.2 Å². The minimum Gasteiger partial charge on any atom is -0.454 e. The van der Waals surface area contributed by atoms with Crippen LogP contribution in [0.1, 0.15) is 265 Å². The summed E-state index contributed by atoms with van der Waals surface area (Å²) in [7, 11) is 0. The van der Waals surface area contributed by atoms with E-state index in [1.807, 2.05) is 12.2 Å². The molecule has 1 amide bonds. The first kappa shape index (κ1) is 69.4. The van der Waals surface area contributed by atoms with Crippen LogP contribution in [0, 0.1) is 0 Å². The molecule has 0 aliphatic carbocycles. The van der Waals surface area contributed by atoms with Crippen LogP contribution in [0.3, 0.4) is 0 Å². The van der Waals surface area contributed by atoms with Gasteiger partial charge in [0.1, 0.15) is 24.4 Å². The topological polar surface area (TPSA) is 175 Å². The van der Waals surface area contributed by atoms with E-state index in [9.17, 15) is 35.1 Å². The van der Waals surface area contributed by atoms with Gasteiger partial charge in [-0.1, -0.05) is 242 Å². The Morgan fingerprint density at radius 2 is 0.932 bits per heavy atom. The van der Waals surface area contributed by atoms with Crippen molar-refractivity contribution in [1.82, 2.24) is 5.32 Å². The average molecular weight is 1040 g/mol. The lowest BCUT2D eigenvalue weighted by Gasteiger charge is -2.41. The molecule has 8 atom stereocenters. The van der Waals surface area contributed by atoms with Gasteiger partial charge in [0, 0.05) is 12.8 Å². The third-order valence-electron chi connectivity index (χ3n) is 14.2. The predicted octanol–water partition coefficient (Wildman–Crippen LogP) is 14.2. The maximum Gasteiger partial charge on any atom is 0.306 e. The molecule has 11 nitrogen and oxygen atoms in total. The van der Waals surface area contributed by atoms with Gasteiger partial charge in [0.15, 0.2) is 12.4 Å². The summed E-state index contributed by atoms with van der Waals surface area (Å²) in [5, 5.41) is 56.7. The number of allylic oxidation sites excluding steroid dienone is 8. The molecule has 0 spiro atoms. The number of ether oxygens (including phenoxy) is 3. The van der Waals surface area contributed by atoms with E-state index in [1.165, 1.54) is 167 Å². The van der Waals surface area contributed by atoms with Gasteiger partial charge in [-0.25, -0.2) is 0 Å². The van der Waals surface area contributed by atoms with E-state index < -0.39 is 67.4 Å². The highest BCUT2D eigenvalue weighted by molar-refractivity contribution is 5.81. The third-order valence-corrected chi connectivity index (χ3v) is 14.2. The van der Waals surface area contributed by atoms with Crippen LogP contribution >= 0.6 is 0 Å². The highest BCUT2D eigenvalue weighted by Crippen LogP contribution is 2.26. The van der Waals surface area contributed by atoms with E-state index in [0.29, 0.717) is 12.8 Å². The van der Waals surface area contributed by atoms with Crippen molar-refractivity contribution in [2.24, 2.45) is 0 Å². The normalized spacial score (nSPS) is 19.7. The second kappa shape index (κ2) is 51.1. The summed E-state index contributed by atoms with van der Waals surface area (Å²) in [4.78, 5) is 26.5. The van der Waals surface area contributed by atoms with Crippen molar-refractivity contribution in [1.29, 1.82) is 0 Å². The number of aliphatic hydroxyl groups is 5. The van der Waals surface area contributed by atoms with Crippen LogP contribution in [0.2, 0.25) is 0 Å². The molecule has 0 aromatic carbocycles. The van der Waals surface area contributed by atoms with Crippen molar-refractivity contribution in [3.8, 4) is 0 Å². The SMILES string of the molecule is CCCCC/C=C\C/C=C\CCCCCCCCCCCCCC(=O)OC1C(OCC(NC(=O)C(O)C/C=C/C/C=C\CCCCCCCC)C(O)/C=C/CCCCCCCCCCCC)OC(CO)C(O)C1O. The molecule has 1 fully saturated rings. The fourth-order valence-electron chi connectivity index (χ4n) is 9.25. The van der Waals surface area contributed by atoms with Gasteiger partial charge < -0.3 is 45.1 Å². The monoisotopic (exact) mass is 1040 g/mol. The molecule has 0 saturated carbocycles. The summed E-state index contributed by atoms with van der Waals surface area (Å²) in [6.45, 7) is 5.71. The van der Waals surface area contributed by atoms with E-state index in [4.69, 9.17) is 14.2 Å². The van der Waals surface area contributed by atoms with Gasteiger partial charge in [-0.3, -0.25) is 9.59 Å². The fraction of sp³-hybridized carbons (Fsp3) is 0.810. The molecule has 74 heavy (non-hydrogen) atoms. The van der Waals surface area contributed by atoms with E-state index in [2.05, 4.69) is 62.5 Å². The maximum absolute atomic E-state index is 13.3. The Morgan fingerprint density at radius 1 is 0.527 bits per heavy atom. The number of hydrogen-bond donors (Lipinski definition) is 6. The van der Waals surface area contributed by atoms with Crippen molar-refractivity contribution >= 4 is 11.9 Å². The zero-order valence-corrected chi connectivity index (χ0v) is 47.5. The number of hydrogen-bond acceptors (Lipinski definition) is 10. The molecule has 1 heterocycles. The Labute approximate surface area is 452 Å². The lowest BCUT2D eigenvalue weighted by Crippen LogP contribution is -2.61. The molecule has 0 bridgehead atoms. The molecule has 1 rings (SSSR count). The number of carbonyl (C=O) groups excluding carboxylic acids is 2. The molecule has 1 aliphatic rings. The molecule has 6 N–H and O–H groups in total. The number of rotatable bonds is 51. The van der Waals surface area contributed by atoms with Crippen LogP contribution < -0.4 is 5.32 Å². The Balaban J connectivity index is 2.67. The van der Waals surface area contributed by atoms with Crippen LogP contribution in [-0.2, 0) is 23.8 Å². The van der Waals surface area contributed by atoms with E-state index in [-0.39, 0.29) is 19.4 Å². The van der Waals surface area contributed by atoms with Crippen molar-refractivity contribution in [3.05, 3.63) is 60.8 Å². The minimum atomic E-state index is -1.62. The quantitative estimate of drug-likeness (QED) is 0.0195. The van der Waals surface area contributed by atoms with Gasteiger partial charge in [-0.15, -0.1) is 0 Å². The summed E-state index contributed by atoms with van der Waals surface area (Å²) in [5.74, 6) is -1.27. The first-order chi connectivity index (χ1) is 36.2. The molecule has 1 aliphatic heterocycles. The van der Waals surface area contributed by atoms with Crippen LogP contribution in [0.15, 0.2) is 60.8 Å². The summed E-state index contributed by atoms with van der Waals surface area (Å²) < 4.78 is 17.6. The van der Waals surface area contributed by atoms with Gasteiger partial charge in [0.25, 0.3) is 0 Å². The zero-order valence-electron chi connectivity index (χ0n) is 47.5. The van der Waals surface area contributed by atoms with Crippen molar-refractivity contribution < 1.29 is 49.3 Å². The molecule has 8 unspecified atom stereocenters. The average Bonchev–Trinajstić information content (AvgIpc) is 3.40. The van der Waals surface area contributed by atoms with Crippen LogP contribution in [0.25, 0.3) is 0 Å². The molecular weight excluding hydrogens is 931 g/mol. The smallest absolute Gasteiger partial charge is 0.306 e. The highest BCUT2D eigenvalue weighted by atomic mass is 16.7. The highest BCUT2D eigenvalue weighted by Gasteiger charge is 2.47. The van der Waals surface area contributed by atoms with Gasteiger partial charge in [0.2, 0.25) is 5.91 Å². The molecule has 0 radical (unpaired) electrons. The molecule has 11 heteroatoms. The second-order valence-electron chi connectivity index (χ2n) is 21.1. The number of esters is 1. The molecular formula is C63H113NO10. The molecule has 0 aromatic rings. The van der Waals surface area contributed by atoms with Crippen LogP contribution in [0.5, 0.6) is 0 Å². The standard InChI is InChI=1S/C63H113NO10/c1-4-7-10-13-16-19-22-25-26-27-28-29-30-31-32-33-36-39-42-45-48-51-58(68)74-61-60(70)59(69)57(52-65)73-63(61)72-53-54(55(66)49-46-43-40-37-34-23-20-17-14-11-8-5-2)64-62(71)56(67)50-47-44-41-38-35-24-21-18-15-12-9-6-3/h16,19,25-26,35,38,44,46-47,49,54-57,59-61,63,65-67,69-70H,4-15,17-18,20-24,27-34,36-37,39-43,45,48,50-53H2,1-3H3,(H,64,71)/b19-16-,26-25-,38-35-,47-44+,49-46+. The van der Waals surface area contributed by atoms with Crippen molar-refractivity contribution in [2.45, 2.75) is 314 Å². The van der Waals surface area contributed by atoms with Gasteiger partial charge >= 0.3 is 5.97 Å². The first-order valence-corrected chi connectivity index (χ1v) is 30.6. The Bertz CT molecular complexity index is 1430. The van der Waals surface area contributed by atoms with Gasteiger partial charge in [-0.2, -0.15) is 0 Å². The predicted molar refractivity (Wildman–Crippen MR) is 306 cm³/mol. The number of amides is 1. The van der Waals surface area contributed by atoms with Gasteiger partial charge in [-0.05, 0) is 70.6 Å². The van der Waals surface area contributed by atoms with Gasteiger partial charge in [0.05, 0.1) is 25.4 Å². The van der Waals surface area contributed by atoms with E-state index >= 15 is 0 Å². The minimum absolute atomic E-state index is 0.0815. The van der Waals surface area contributed by atoms with Crippen LogP contribution in [-0.4, -0.2) is 99.6 Å². The lowest BCUT2D eigenvalue weighted by atomic mass is 9.99. The molecule has 430 valence electrons.